The van der Waals surface area contributed by atoms with E-state index in [9.17, 15) is 0 Å². The smallest absolute Gasteiger partial charge is 0.190 e. The predicted molar refractivity (Wildman–Crippen MR) is 59.6 cm³/mol. The molecule has 0 aliphatic rings. The highest BCUT2D eigenvalue weighted by molar-refractivity contribution is 5.71. The van der Waals surface area contributed by atoms with Crippen LogP contribution < -0.4 is 9.47 Å². The van der Waals surface area contributed by atoms with E-state index >= 15 is 0 Å². The molecule has 0 unspecified atom stereocenters. The number of hydrogen-bond acceptors (Lipinski definition) is 5. The molecule has 0 aliphatic heterocycles. The van der Waals surface area contributed by atoms with Crippen molar-refractivity contribution in [3.8, 4) is 28.8 Å². The molecule has 0 spiro atoms. The lowest BCUT2D eigenvalue weighted by Gasteiger charge is -2.08. The van der Waals surface area contributed by atoms with Crippen LogP contribution in [-0.2, 0) is 0 Å². The summed E-state index contributed by atoms with van der Waals surface area (Å²) in [6, 6.07) is 7.24. The molecule has 17 heavy (non-hydrogen) atoms. The lowest BCUT2D eigenvalue weighted by Crippen LogP contribution is -1.92. The van der Waals surface area contributed by atoms with E-state index < -0.39 is 0 Å². The van der Waals surface area contributed by atoms with Crippen molar-refractivity contribution < 1.29 is 9.47 Å². The van der Waals surface area contributed by atoms with Gasteiger partial charge in [-0.25, -0.2) is 0 Å². The summed E-state index contributed by atoms with van der Waals surface area (Å²) >= 11 is 0. The van der Waals surface area contributed by atoms with Gasteiger partial charge in [-0.15, -0.1) is 5.10 Å². The average Bonchev–Trinajstić information content (AvgIpc) is 2.85. The van der Waals surface area contributed by atoms with E-state index in [4.69, 9.17) is 14.7 Å². The van der Waals surface area contributed by atoms with Gasteiger partial charge >= 0.3 is 0 Å². The number of ether oxygens (including phenoxy) is 2. The topological polar surface area (TPSA) is 83.8 Å². The number of nitriles is 1. The number of hydrogen-bond donors (Lipinski definition) is 1. The van der Waals surface area contributed by atoms with Crippen molar-refractivity contribution >= 4 is 0 Å². The Morgan fingerprint density at radius 3 is 2.71 bits per heavy atom. The minimum atomic E-state index is 0.230. The van der Waals surface area contributed by atoms with E-state index in [2.05, 4.69) is 15.4 Å². The fourth-order valence-corrected chi connectivity index (χ4v) is 1.49. The van der Waals surface area contributed by atoms with Gasteiger partial charge in [0, 0.05) is 11.6 Å². The van der Waals surface area contributed by atoms with Crippen LogP contribution in [0, 0.1) is 11.3 Å². The van der Waals surface area contributed by atoms with Crippen molar-refractivity contribution in [2.24, 2.45) is 0 Å². The molecule has 0 bridgehead atoms. The van der Waals surface area contributed by atoms with Crippen molar-refractivity contribution in [1.29, 1.82) is 5.26 Å². The summed E-state index contributed by atoms with van der Waals surface area (Å²) in [5, 5.41) is 19.0. The maximum Gasteiger partial charge on any atom is 0.190 e. The van der Waals surface area contributed by atoms with Crippen LogP contribution in [0.2, 0.25) is 0 Å². The first kappa shape index (κ1) is 11.0. The van der Waals surface area contributed by atoms with Gasteiger partial charge in [0.05, 0.1) is 14.2 Å². The third kappa shape index (κ3) is 1.90. The predicted octanol–water partition coefficient (Wildman–Crippen LogP) is 1.36. The van der Waals surface area contributed by atoms with Crippen LogP contribution in [0.1, 0.15) is 5.69 Å². The second-order valence-electron chi connectivity index (χ2n) is 3.20. The van der Waals surface area contributed by atoms with Crippen LogP contribution >= 0.6 is 0 Å². The molecule has 0 saturated carbocycles. The molecule has 0 fully saturated rings. The molecule has 6 heteroatoms. The molecule has 0 radical (unpaired) electrons. The van der Waals surface area contributed by atoms with E-state index in [-0.39, 0.29) is 5.69 Å². The Kier molecular flexibility index (Phi) is 2.92. The summed E-state index contributed by atoms with van der Waals surface area (Å²) in [6.07, 6.45) is 0. The van der Waals surface area contributed by atoms with Crippen LogP contribution in [0.15, 0.2) is 18.2 Å². The quantitative estimate of drug-likeness (QED) is 0.860. The molecule has 6 nitrogen and oxygen atoms in total. The van der Waals surface area contributed by atoms with Gasteiger partial charge in [0.15, 0.2) is 5.69 Å². The van der Waals surface area contributed by atoms with Crippen molar-refractivity contribution in [2.45, 2.75) is 0 Å². The molecular weight excluding hydrogens is 220 g/mol. The number of methoxy groups -OCH3 is 2. The first-order valence-corrected chi connectivity index (χ1v) is 4.83. The van der Waals surface area contributed by atoms with Crippen LogP contribution in [0.4, 0.5) is 0 Å². The first-order valence-electron chi connectivity index (χ1n) is 4.83. The number of aromatic nitrogens is 3. The second-order valence-corrected chi connectivity index (χ2v) is 3.20. The summed E-state index contributed by atoms with van der Waals surface area (Å²) in [5.74, 6) is 1.25. The Labute approximate surface area is 97.8 Å². The van der Waals surface area contributed by atoms with E-state index in [0.717, 1.165) is 0 Å². The van der Waals surface area contributed by atoms with Crippen molar-refractivity contribution in [3.63, 3.8) is 0 Å². The van der Waals surface area contributed by atoms with Crippen LogP contribution in [0.3, 0.4) is 0 Å². The summed E-state index contributed by atoms with van der Waals surface area (Å²) in [4.78, 5) is 0. The Bertz CT molecular complexity index is 571. The van der Waals surface area contributed by atoms with E-state index in [0.29, 0.717) is 22.8 Å². The van der Waals surface area contributed by atoms with Gasteiger partial charge in [-0.05, 0) is 12.1 Å². The SMILES string of the molecule is COc1ccc(-c2n[nH]nc2C#N)c(OC)c1. The monoisotopic (exact) mass is 230 g/mol. The number of H-pyrrole nitrogens is 1. The molecule has 1 heterocycles. The Morgan fingerprint density at radius 2 is 2.06 bits per heavy atom. The Morgan fingerprint density at radius 1 is 1.24 bits per heavy atom. The number of nitrogens with one attached hydrogen (secondary N) is 1. The number of rotatable bonds is 3. The Balaban J connectivity index is 2.56. The lowest BCUT2D eigenvalue weighted by molar-refractivity contribution is 0.395. The molecule has 2 rings (SSSR count). The third-order valence-electron chi connectivity index (χ3n) is 2.32. The maximum atomic E-state index is 8.89. The highest BCUT2D eigenvalue weighted by atomic mass is 16.5. The zero-order valence-corrected chi connectivity index (χ0v) is 9.39. The van der Waals surface area contributed by atoms with Gasteiger partial charge in [-0.1, -0.05) is 0 Å². The van der Waals surface area contributed by atoms with Crippen molar-refractivity contribution in [3.05, 3.63) is 23.9 Å². The molecule has 1 N–H and O–H groups in total. The zero-order chi connectivity index (χ0) is 12.3. The fraction of sp³-hybridized carbons (Fsp3) is 0.182. The molecule has 1 aromatic carbocycles. The molecule has 0 aliphatic carbocycles. The molecule has 0 saturated heterocycles. The van der Waals surface area contributed by atoms with E-state index in [1.807, 2.05) is 6.07 Å². The summed E-state index contributed by atoms with van der Waals surface area (Å²) < 4.78 is 10.3. The molecule has 0 amide bonds. The van der Waals surface area contributed by atoms with Crippen LogP contribution in [0.5, 0.6) is 11.5 Å². The molecule has 1 aromatic heterocycles. The fourth-order valence-electron chi connectivity index (χ4n) is 1.49. The van der Waals surface area contributed by atoms with E-state index in [1.54, 1.807) is 32.4 Å². The largest absolute Gasteiger partial charge is 0.497 e. The molecular formula is C11H10N4O2. The normalized spacial score (nSPS) is 9.71. The van der Waals surface area contributed by atoms with Gasteiger partial charge in [0.1, 0.15) is 23.3 Å². The lowest BCUT2D eigenvalue weighted by atomic mass is 10.1. The highest BCUT2D eigenvalue weighted by Gasteiger charge is 2.15. The molecule has 0 atom stereocenters. The zero-order valence-electron chi connectivity index (χ0n) is 9.39. The van der Waals surface area contributed by atoms with Gasteiger partial charge in [-0.2, -0.15) is 15.6 Å². The van der Waals surface area contributed by atoms with Crippen LogP contribution in [-0.4, -0.2) is 29.6 Å². The highest BCUT2D eigenvalue weighted by Crippen LogP contribution is 2.32. The number of benzene rings is 1. The minimum Gasteiger partial charge on any atom is -0.497 e. The summed E-state index contributed by atoms with van der Waals surface area (Å²) in [5.41, 5.74) is 1.39. The van der Waals surface area contributed by atoms with Crippen molar-refractivity contribution in [1.82, 2.24) is 15.4 Å². The maximum absolute atomic E-state index is 8.89. The Hall–Kier alpha value is -2.55. The van der Waals surface area contributed by atoms with Gasteiger partial charge in [0.2, 0.25) is 0 Å². The minimum absolute atomic E-state index is 0.230. The first-order chi connectivity index (χ1) is 8.30. The van der Waals surface area contributed by atoms with Gasteiger partial charge in [-0.3, -0.25) is 0 Å². The third-order valence-corrected chi connectivity index (χ3v) is 2.32. The standard InChI is InChI=1S/C11H10N4O2/c1-16-7-3-4-8(10(5-7)17-2)11-9(6-12)13-15-14-11/h3-5H,1-2H3,(H,13,14,15). The molecule has 2 aromatic rings. The second kappa shape index (κ2) is 4.53. The summed E-state index contributed by atoms with van der Waals surface area (Å²) in [6.45, 7) is 0. The molecule has 86 valence electrons. The van der Waals surface area contributed by atoms with Gasteiger partial charge in [0.25, 0.3) is 0 Å². The average molecular weight is 230 g/mol. The van der Waals surface area contributed by atoms with E-state index in [1.165, 1.54) is 0 Å². The number of aromatic amines is 1. The van der Waals surface area contributed by atoms with Gasteiger partial charge < -0.3 is 9.47 Å². The summed E-state index contributed by atoms with van der Waals surface area (Å²) in [7, 11) is 3.12. The van der Waals surface area contributed by atoms with Crippen LogP contribution in [0.25, 0.3) is 11.3 Å². The van der Waals surface area contributed by atoms with Crippen molar-refractivity contribution in [2.75, 3.05) is 14.2 Å². The number of nitrogens with zero attached hydrogens (tertiary/aromatic N) is 3.